The van der Waals surface area contributed by atoms with E-state index in [2.05, 4.69) is 16.5 Å². The van der Waals surface area contributed by atoms with Crippen molar-refractivity contribution in [2.24, 2.45) is 5.41 Å². The Hall–Kier alpha value is -2.02. The molecule has 1 aromatic heterocycles. The highest BCUT2D eigenvalue weighted by molar-refractivity contribution is 6.29. The Morgan fingerprint density at radius 1 is 1.29 bits per heavy atom. The van der Waals surface area contributed by atoms with Gasteiger partial charge in [-0.1, -0.05) is 23.8 Å². The normalized spacial score (nSPS) is 27.9. The molecular formula is C20H26ClN5O2. The van der Waals surface area contributed by atoms with E-state index in [-0.39, 0.29) is 29.1 Å². The molecule has 1 saturated carbocycles. The molecule has 4 aliphatic rings. The van der Waals surface area contributed by atoms with Crippen LogP contribution in [0, 0.1) is 5.41 Å². The molecule has 7 nitrogen and oxygen atoms in total. The zero-order chi connectivity index (χ0) is 19.3. The van der Waals surface area contributed by atoms with Crippen LogP contribution in [0.25, 0.3) is 0 Å². The van der Waals surface area contributed by atoms with Gasteiger partial charge in [-0.15, -0.1) is 0 Å². The Bertz CT molecular complexity index is 904. The number of aromatic nitrogens is 3. The Labute approximate surface area is 169 Å². The molecule has 150 valence electrons. The average molecular weight is 404 g/mol. The first-order chi connectivity index (χ1) is 13.6. The van der Waals surface area contributed by atoms with E-state index in [0.717, 1.165) is 63.9 Å². The van der Waals surface area contributed by atoms with Crippen molar-refractivity contribution in [3.63, 3.8) is 0 Å². The third kappa shape index (κ3) is 3.00. The number of carbonyl (C=O) groups excluding carboxylic acids is 1. The van der Waals surface area contributed by atoms with Crippen LogP contribution in [0.3, 0.4) is 0 Å². The summed E-state index contributed by atoms with van der Waals surface area (Å²) in [7, 11) is 0. The second-order valence-corrected chi connectivity index (χ2v) is 8.96. The number of carbonyl (C=O) groups is 1. The van der Waals surface area contributed by atoms with Crippen LogP contribution in [0.2, 0.25) is 0 Å². The smallest absolute Gasteiger partial charge is 0.346 e. The number of rotatable bonds is 4. The maximum absolute atomic E-state index is 13.2. The zero-order valence-corrected chi connectivity index (χ0v) is 16.7. The lowest BCUT2D eigenvalue weighted by atomic mass is 9.95. The lowest BCUT2D eigenvalue weighted by molar-refractivity contribution is -0.134. The number of amides is 1. The van der Waals surface area contributed by atoms with Crippen molar-refractivity contribution in [2.75, 3.05) is 13.1 Å². The summed E-state index contributed by atoms with van der Waals surface area (Å²) in [5.41, 5.74) is -0.173. The predicted molar refractivity (Wildman–Crippen MR) is 106 cm³/mol. The maximum atomic E-state index is 13.2. The number of aryl methyl sites for hydroxylation is 1. The van der Waals surface area contributed by atoms with Gasteiger partial charge in [0.15, 0.2) is 0 Å². The number of dihydropyridines is 1. The van der Waals surface area contributed by atoms with Crippen molar-refractivity contribution in [3.8, 4) is 0 Å². The predicted octanol–water partition coefficient (Wildman–Crippen LogP) is 1.93. The van der Waals surface area contributed by atoms with Gasteiger partial charge in [0.1, 0.15) is 17.0 Å². The topological polar surface area (TPSA) is 72.2 Å². The summed E-state index contributed by atoms with van der Waals surface area (Å²) in [5.74, 6) is 0.852. The van der Waals surface area contributed by atoms with Gasteiger partial charge in [0.05, 0.1) is 12.6 Å². The van der Waals surface area contributed by atoms with Gasteiger partial charge >= 0.3 is 5.69 Å². The fraction of sp³-hybridized carbons (Fsp3) is 0.650. The number of likely N-dealkylation sites (tertiary alicyclic amines) is 1. The zero-order valence-electron chi connectivity index (χ0n) is 15.9. The van der Waals surface area contributed by atoms with Gasteiger partial charge in [-0.2, -0.15) is 5.10 Å². The van der Waals surface area contributed by atoms with Crippen molar-refractivity contribution >= 4 is 17.5 Å². The SMILES string of the molecule is O=C(C1CCCc2nn(CC3(C4C=CC=C(Cl)N4)CC3)c(=O)n21)N1CCCC1. The lowest BCUT2D eigenvalue weighted by Crippen LogP contribution is -2.43. The minimum absolute atomic E-state index is 0.0340. The van der Waals surface area contributed by atoms with Crippen molar-refractivity contribution in [1.29, 1.82) is 0 Å². The first-order valence-corrected chi connectivity index (χ1v) is 10.7. The highest BCUT2D eigenvalue weighted by atomic mass is 35.5. The van der Waals surface area contributed by atoms with Gasteiger partial charge < -0.3 is 10.2 Å². The molecule has 4 heterocycles. The van der Waals surface area contributed by atoms with Crippen molar-refractivity contribution in [3.05, 3.63) is 39.7 Å². The number of nitrogens with zero attached hydrogens (tertiary/aromatic N) is 4. The van der Waals surface area contributed by atoms with Crippen molar-refractivity contribution in [2.45, 2.75) is 63.6 Å². The molecule has 2 fully saturated rings. The van der Waals surface area contributed by atoms with Crippen LogP contribution < -0.4 is 11.0 Å². The maximum Gasteiger partial charge on any atom is 0.346 e. The van der Waals surface area contributed by atoms with Gasteiger partial charge in [-0.05, 0) is 44.6 Å². The minimum Gasteiger partial charge on any atom is -0.369 e. The Morgan fingerprint density at radius 2 is 2.07 bits per heavy atom. The molecule has 2 unspecified atom stereocenters. The summed E-state index contributed by atoms with van der Waals surface area (Å²) in [6.07, 6.45) is 12.5. The van der Waals surface area contributed by atoms with E-state index in [0.29, 0.717) is 11.7 Å². The van der Waals surface area contributed by atoms with Crippen LogP contribution in [0.15, 0.2) is 28.2 Å². The van der Waals surface area contributed by atoms with Gasteiger partial charge in [-0.3, -0.25) is 9.36 Å². The number of nitrogens with one attached hydrogen (secondary N) is 1. The molecular weight excluding hydrogens is 378 g/mol. The molecule has 1 saturated heterocycles. The van der Waals surface area contributed by atoms with E-state index < -0.39 is 0 Å². The fourth-order valence-corrected chi connectivity index (χ4v) is 5.09. The number of hydrogen-bond donors (Lipinski definition) is 1. The standard InChI is InChI=1S/C20H26ClN5O2/c21-16-7-4-6-15(22-16)20(9-10-20)13-25-19(28)26-14(5-3-8-17(26)23-25)18(27)24-11-1-2-12-24/h4,6-7,14-15,22H,1-3,5,8-13H2. The van der Waals surface area contributed by atoms with Crippen molar-refractivity contribution < 1.29 is 4.79 Å². The first-order valence-electron chi connectivity index (χ1n) is 10.3. The van der Waals surface area contributed by atoms with Gasteiger partial charge in [0, 0.05) is 24.9 Å². The Morgan fingerprint density at radius 3 is 2.79 bits per heavy atom. The van der Waals surface area contributed by atoms with Crippen LogP contribution in [0.4, 0.5) is 0 Å². The molecule has 8 heteroatoms. The summed E-state index contributed by atoms with van der Waals surface area (Å²) >= 11 is 6.15. The average Bonchev–Trinajstić information content (AvgIpc) is 3.14. The quantitative estimate of drug-likeness (QED) is 0.780. The molecule has 3 aliphatic heterocycles. The third-order valence-electron chi connectivity index (χ3n) is 6.69. The molecule has 2 atom stereocenters. The van der Waals surface area contributed by atoms with Gasteiger partial charge in [0.2, 0.25) is 5.91 Å². The van der Waals surface area contributed by atoms with E-state index >= 15 is 0 Å². The monoisotopic (exact) mass is 403 g/mol. The molecule has 1 N–H and O–H groups in total. The highest BCUT2D eigenvalue weighted by Crippen LogP contribution is 2.51. The molecule has 1 aromatic rings. The van der Waals surface area contributed by atoms with Crippen LogP contribution in [0.5, 0.6) is 0 Å². The molecule has 1 amide bonds. The van der Waals surface area contributed by atoms with E-state index in [1.54, 1.807) is 9.25 Å². The highest BCUT2D eigenvalue weighted by Gasteiger charge is 2.50. The van der Waals surface area contributed by atoms with Crippen LogP contribution in [-0.2, 0) is 17.8 Å². The fourth-order valence-electron chi connectivity index (χ4n) is 4.90. The molecule has 0 radical (unpaired) electrons. The Kier molecular flexibility index (Phi) is 4.38. The summed E-state index contributed by atoms with van der Waals surface area (Å²) in [6, 6.07) is -0.277. The molecule has 5 rings (SSSR count). The van der Waals surface area contributed by atoms with E-state index in [1.807, 2.05) is 17.1 Å². The van der Waals surface area contributed by atoms with Gasteiger partial charge in [-0.25, -0.2) is 9.48 Å². The van der Waals surface area contributed by atoms with E-state index in [9.17, 15) is 9.59 Å². The van der Waals surface area contributed by atoms with E-state index in [4.69, 9.17) is 11.6 Å². The van der Waals surface area contributed by atoms with Gasteiger partial charge in [0.25, 0.3) is 0 Å². The molecule has 0 spiro atoms. The summed E-state index contributed by atoms with van der Waals surface area (Å²) < 4.78 is 3.27. The number of halogens is 1. The molecule has 0 aromatic carbocycles. The number of hydrogen-bond acceptors (Lipinski definition) is 4. The number of allylic oxidation sites excluding steroid dienone is 2. The second kappa shape index (κ2) is 6.79. The summed E-state index contributed by atoms with van der Waals surface area (Å²) in [4.78, 5) is 28.1. The van der Waals surface area contributed by atoms with E-state index in [1.165, 1.54) is 0 Å². The molecule has 28 heavy (non-hydrogen) atoms. The third-order valence-corrected chi connectivity index (χ3v) is 6.92. The lowest BCUT2D eigenvalue weighted by Gasteiger charge is -2.27. The summed E-state index contributed by atoms with van der Waals surface area (Å²) in [6.45, 7) is 2.18. The summed E-state index contributed by atoms with van der Waals surface area (Å²) in [5, 5.41) is 8.59. The Balaban J connectivity index is 1.41. The number of fused-ring (bicyclic) bond motifs is 1. The second-order valence-electron chi connectivity index (χ2n) is 8.55. The molecule has 1 aliphatic carbocycles. The van der Waals surface area contributed by atoms with Crippen LogP contribution >= 0.6 is 11.6 Å². The van der Waals surface area contributed by atoms with Crippen LogP contribution in [-0.4, -0.2) is 44.3 Å². The van der Waals surface area contributed by atoms with Crippen molar-refractivity contribution in [1.82, 2.24) is 24.6 Å². The largest absolute Gasteiger partial charge is 0.369 e. The van der Waals surface area contributed by atoms with Crippen LogP contribution in [0.1, 0.15) is 50.4 Å². The minimum atomic E-state index is -0.386. The molecule has 0 bridgehead atoms. The first kappa shape index (κ1) is 18.0.